The van der Waals surface area contributed by atoms with Crippen LogP contribution in [0, 0.1) is 31.0 Å². The van der Waals surface area contributed by atoms with Crippen molar-refractivity contribution < 1.29 is 18.7 Å². The molecular formula is C22H22FN3O3. The van der Waals surface area contributed by atoms with Gasteiger partial charge in [-0.15, -0.1) is 0 Å². The van der Waals surface area contributed by atoms with E-state index in [1.54, 1.807) is 42.7 Å². The van der Waals surface area contributed by atoms with Crippen molar-refractivity contribution in [2.24, 2.45) is 0 Å². The van der Waals surface area contributed by atoms with Gasteiger partial charge in [-0.25, -0.2) is 9.18 Å². The molecule has 7 heteroatoms. The Balaban J connectivity index is 2.19. The summed E-state index contributed by atoms with van der Waals surface area (Å²) in [5.74, 6) is -1.23. The van der Waals surface area contributed by atoms with E-state index < -0.39 is 18.5 Å². The topological polar surface area (TPSA) is 84.1 Å². The number of esters is 1. The molecule has 150 valence electrons. The Morgan fingerprint density at radius 1 is 1.24 bits per heavy atom. The van der Waals surface area contributed by atoms with E-state index in [1.807, 2.05) is 6.92 Å². The van der Waals surface area contributed by atoms with Crippen LogP contribution in [-0.4, -0.2) is 23.1 Å². The molecule has 1 aromatic carbocycles. The fourth-order valence-electron chi connectivity index (χ4n) is 2.70. The standard InChI is InChI=1S/C22H22FN3O3/c1-4-5-6-7-21(28)29-14-20(27)25-22-19(12-24)15(2)16(3)26(22)13-17-8-10-18(23)11-9-17/h4-11H,13-14H2,1-3H3,(H,25,27)/b5-4+,7-6+. The normalized spacial score (nSPS) is 11.0. The molecule has 0 aliphatic heterocycles. The molecule has 0 spiro atoms. The number of ether oxygens (including phenoxy) is 1. The minimum Gasteiger partial charge on any atom is -0.452 e. The number of carbonyl (C=O) groups excluding carboxylic acids is 2. The zero-order valence-corrected chi connectivity index (χ0v) is 16.5. The number of nitrogens with one attached hydrogen (secondary N) is 1. The highest BCUT2D eigenvalue weighted by Gasteiger charge is 2.20. The van der Waals surface area contributed by atoms with Crippen LogP contribution in [0.5, 0.6) is 0 Å². The smallest absolute Gasteiger partial charge is 0.331 e. The maximum Gasteiger partial charge on any atom is 0.331 e. The first-order chi connectivity index (χ1) is 13.9. The molecule has 0 unspecified atom stereocenters. The summed E-state index contributed by atoms with van der Waals surface area (Å²) >= 11 is 0. The van der Waals surface area contributed by atoms with E-state index in [9.17, 15) is 19.2 Å². The van der Waals surface area contributed by atoms with E-state index >= 15 is 0 Å². The SMILES string of the molecule is C/C=C/C=C/C(=O)OCC(=O)Nc1c(C#N)c(C)c(C)n1Cc1ccc(F)cc1. The third-order valence-corrected chi connectivity index (χ3v) is 4.33. The number of halogens is 1. The van der Waals surface area contributed by atoms with Crippen molar-refractivity contribution in [3.8, 4) is 6.07 Å². The van der Waals surface area contributed by atoms with Crippen molar-refractivity contribution in [2.75, 3.05) is 11.9 Å². The third kappa shape index (κ3) is 5.66. The zero-order chi connectivity index (χ0) is 21.4. The molecule has 0 saturated carbocycles. The number of anilines is 1. The van der Waals surface area contributed by atoms with Gasteiger partial charge in [-0.05, 0) is 44.0 Å². The van der Waals surface area contributed by atoms with E-state index in [0.29, 0.717) is 17.9 Å². The summed E-state index contributed by atoms with van der Waals surface area (Å²) in [6.45, 7) is 5.29. The van der Waals surface area contributed by atoms with Crippen molar-refractivity contribution in [2.45, 2.75) is 27.3 Å². The van der Waals surface area contributed by atoms with Crippen LogP contribution in [0.3, 0.4) is 0 Å². The quantitative estimate of drug-likeness (QED) is 0.439. The molecule has 0 saturated heterocycles. The average molecular weight is 395 g/mol. The number of benzene rings is 1. The number of carbonyl (C=O) groups is 2. The van der Waals surface area contributed by atoms with E-state index in [0.717, 1.165) is 16.8 Å². The summed E-state index contributed by atoms with van der Waals surface area (Å²) in [4.78, 5) is 23.9. The largest absolute Gasteiger partial charge is 0.452 e. The number of nitriles is 1. The third-order valence-electron chi connectivity index (χ3n) is 4.33. The first kappa shape index (κ1) is 21.6. The molecule has 0 bridgehead atoms. The fraction of sp³-hybridized carbons (Fsp3) is 0.227. The molecule has 1 aromatic heterocycles. The van der Waals surface area contributed by atoms with E-state index in [1.165, 1.54) is 24.3 Å². The lowest BCUT2D eigenvalue weighted by Crippen LogP contribution is -2.22. The van der Waals surface area contributed by atoms with Crippen molar-refractivity contribution in [1.82, 2.24) is 4.57 Å². The lowest BCUT2D eigenvalue weighted by Gasteiger charge is -2.13. The number of allylic oxidation sites excluding steroid dienone is 3. The Hall–Kier alpha value is -3.66. The number of rotatable bonds is 7. The molecule has 1 amide bonds. The molecule has 1 heterocycles. The summed E-state index contributed by atoms with van der Waals surface area (Å²) in [5.41, 5.74) is 2.67. The van der Waals surface area contributed by atoms with Crippen LogP contribution in [0.4, 0.5) is 10.2 Å². The minimum absolute atomic E-state index is 0.317. The van der Waals surface area contributed by atoms with Crippen molar-refractivity contribution in [3.63, 3.8) is 0 Å². The number of aromatic nitrogens is 1. The van der Waals surface area contributed by atoms with Crippen molar-refractivity contribution >= 4 is 17.7 Å². The van der Waals surface area contributed by atoms with Gasteiger partial charge in [0.1, 0.15) is 17.7 Å². The highest BCUT2D eigenvalue weighted by Crippen LogP contribution is 2.27. The molecule has 0 fully saturated rings. The molecule has 1 N–H and O–H groups in total. The number of hydrogen-bond acceptors (Lipinski definition) is 4. The van der Waals surface area contributed by atoms with E-state index in [-0.39, 0.29) is 5.82 Å². The Bertz CT molecular complexity index is 996. The molecule has 0 atom stereocenters. The van der Waals surface area contributed by atoms with Gasteiger partial charge in [0.2, 0.25) is 0 Å². The maximum atomic E-state index is 13.2. The highest BCUT2D eigenvalue weighted by atomic mass is 19.1. The monoisotopic (exact) mass is 395 g/mol. The maximum absolute atomic E-state index is 13.2. The lowest BCUT2D eigenvalue weighted by molar-refractivity contribution is -0.142. The van der Waals surface area contributed by atoms with Crippen LogP contribution in [0.15, 0.2) is 48.6 Å². The second-order valence-corrected chi connectivity index (χ2v) is 6.30. The second kappa shape index (κ2) is 10.0. The summed E-state index contributed by atoms with van der Waals surface area (Å²) < 4.78 is 19.8. The minimum atomic E-state index is -0.646. The van der Waals surface area contributed by atoms with Crippen LogP contribution >= 0.6 is 0 Å². The van der Waals surface area contributed by atoms with Crippen LogP contribution in [0.1, 0.15) is 29.3 Å². The predicted molar refractivity (Wildman–Crippen MR) is 108 cm³/mol. The average Bonchev–Trinajstić information content (AvgIpc) is 2.92. The summed E-state index contributed by atoms with van der Waals surface area (Å²) in [7, 11) is 0. The van der Waals surface area contributed by atoms with E-state index in [4.69, 9.17) is 4.74 Å². The van der Waals surface area contributed by atoms with Crippen LogP contribution in [-0.2, 0) is 20.9 Å². The van der Waals surface area contributed by atoms with Crippen molar-refractivity contribution in [3.05, 3.63) is 76.8 Å². The molecular weight excluding hydrogens is 373 g/mol. The summed E-state index contributed by atoms with van der Waals surface area (Å²) in [6.07, 6.45) is 6.13. The molecule has 0 radical (unpaired) electrons. The Morgan fingerprint density at radius 3 is 2.55 bits per heavy atom. The van der Waals surface area contributed by atoms with Gasteiger partial charge >= 0.3 is 5.97 Å². The molecule has 2 aromatic rings. The zero-order valence-electron chi connectivity index (χ0n) is 16.5. The summed E-state index contributed by atoms with van der Waals surface area (Å²) in [6, 6.07) is 8.09. The van der Waals surface area contributed by atoms with Crippen LogP contribution in [0.25, 0.3) is 0 Å². The Morgan fingerprint density at radius 2 is 1.93 bits per heavy atom. The predicted octanol–water partition coefficient (Wildman–Crippen LogP) is 3.78. The molecule has 0 aliphatic rings. The van der Waals surface area contributed by atoms with Gasteiger partial charge in [0.05, 0.1) is 5.56 Å². The van der Waals surface area contributed by atoms with Gasteiger partial charge in [0, 0.05) is 18.3 Å². The van der Waals surface area contributed by atoms with Gasteiger partial charge in [-0.1, -0.05) is 30.4 Å². The number of nitrogens with zero attached hydrogens (tertiary/aromatic N) is 2. The van der Waals surface area contributed by atoms with Gasteiger partial charge in [-0.3, -0.25) is 4.79 Å². The molecule has 2 rings (SSSR count). The van der Waals surface area contributed by atoms with Crippen LogP contribution < -0.4 is 5.32 Å². The molecule has 0 aliphatic carbocycles. The summed E-state index contributed by atoms with van der Waals surface area (Å²) in [5, 5.41) is 12.2. The molecule has 6 nitrogen and oxygen atoms in total. The highest BCUT2D eigenvalue weighted by molar-refractivity contribution is 5.94. The van der Waals surface area contributed by atoms with Gasteiger partial charge in [0.25, 0.3) is 5.91 Å². The Labute approximate surface area is 168 Å². The van der Waals surface area contributed by atoms with Gasteiger partial charge in [-0.2, -0.15) is 5.26 Å². The second-order valence-electron chi connectivity index (χ2n) is 6.30. The Kier molecular flexibility index (Phi) is 7.49. The number of hydrogen-bond donors (Lipinski definition) is 1. The lowest BCUT2D eigenvalue weighted by atomic mass is 10.2. The fourth-order valence-corrected chi connectivity index (χ4v) is 2.70. The molecule has 29 heavy (non-hydrogen) atoms. The van der Waals surface area contributed by atoms with Crippen LogP contribution in [0.2, 0.25) is 0 Å². The van der Waals surface area contributed by atoms with E-state index in [2.05, 4.69) is 11.4 Å². The van der Waals surface area contributed by atoms with Gasteiger partial charge in [0.15, 0.2) is 6.61 Å². The first-order valence-electron chi connectivity index (χ1n) is 8.97. The first-order valence-corrected chi connectivity index (χ1v) is 8.97. The van der Waals surface area contributed by atoms with Crippen molar-refractivity contribution in [1.29, 1.82) is 5.26 Å². The van der Waals surface area contributed by atoms with Gasteiger partial charge < -0.3 is 14.6 Å². The number of amides is 1.